The summed E-state index contributed by atoms with van der Waals surface area (Å²) in [6.45, 7) is 10.3. The number of hydrogen-bond donors (Lipinski definition) is 3. The lowest BCUT2D eigenvalue weighted by Gasteiger charge is -2.31. The van der Waals surface area contributed by atoms with Crippen LogP contribution in [0.3, 0.4) is 0 Å². The number of ether oxygens (including phenoxy) is 1. The zero-order chi connectivity index (χ0) is 26.4. The Morgan fingerprint density at radius 2 is 1.69 bits per heavy atom. The number of likely N-dealkylation sites (N-methyl/N-ethyl adjacent to an activating group) is 1. The first-order valence-electron chi connectivity index (χ1n) is 13.4. The van der Waals surface area contributed by atoms with Crippen molar-refractivity contribution in [3.8, 4) is 5.75 Å². The Morgan fingerprint density at radius 1 is 1.00 bits per heavy atom. The van der Waals surface area contributed by atoms with Gasteiger partial charge in [0.25, 0.3) is 0 Å². The van der Waals surface area contributed by atoms with Gasteiger partial charge in [-0.05, 0) is 76.3 Å². The van der Waals surface area contributed by atoms with Crippen LogP contribution in [0, 0.1) is 11.8 Å². The van der Waals surface area contributed by atoms with E-state index in [0.29, 0.717) is 13.0 Å². The van der Waals surface area contributed by atoms with Gasteiger partial charge in [0.15, 0.2) is 0 Å². The second-order valence-corrected chi connectivity index (χ2v) is 11.0. The quantitative estimate of drug-likeness (QED) is 0.593. The number of nitrogens with zero attached hydrogens (tertiary/aromatic N) is 1. The Morgan fingerprint density at radius 3 is 2.36 bits per heavy atom. The van der Waals surface area contributed by atoms with Crippen molar-refractivity contribution in [3.63, 3.8) is 0 Å². The molecule has 1 fully saturated rings. The van der Waals surface area contributed by atoms with Gasteiger partial charge in [0, 0.05) is 19.6 Å². The van der Waals surface area contributed by atoms with Gasteiger partial charge in [-0.15, -0.1) is 0 Å². The molecular formula is C28H44N4O4. The molecule has 1 heterocycles. The summed E-state index contributed by atoms with van der Waals surface area (Å²) < 4.78 is 6.27. The van der Waals surface area contributed by atoms with Crippen LogP contribution in [-0.4, -0.2) is 66.5 Å². The van der Waals surface area contributed by atoms with Crippen LogP contribution in [0.1, 0.15) is 65.9 Å². The first kappa shape index (κ1) is 28.0. The molecule has 3 rings (SSSR count). The maximum absolute atomic E-state index is 13.4. The molecule has 3 N–H and O–H groups in total. The van der Waals surface area contributed by atoms with E-state index in [9.17, 15) is 14.4 Å². The summed E-state index contributed by atoms with van der Waals surface area (Å²) in [5, 5.41) is 9.42. The second-order valence-electron chi connectivity index (χ2n) is 11.0. The van der Waals surface area contributed by atoms with E-state index in [1.165, 1.54) is 4.90 Å². The standard InChI is InChI=1S/C28H44N4O4/c1-17(2)15-23-27(34)30-18(3)11-12-21-9-7-8-10-24(21)36-19(4)16-29-25(22-13-14-22)28(35)32(6)20(5)26(33)31-23/h7-10,17-20,22-23,25,29H,11-16H2,1-6H3,(H,30,34)(H,31,33)/t18-,19+,20+,23?,25-/m0/s1. The average molecular weight is 501 g/mol. The molecule has 0 bridgehead atoms. The first-order valence-corrected chi connectivity index (χ1v) is 13.4. The third-order valence-electron chi connectivity index (χ3n) is 7.17. The second kappa shape index (κ2) is 12.6. The Labute approximate surface area is 215 Å². The highest BCUT2D eigenvalue weighted by molar-refractivity contribution is 5.93. The number of benzene rings is 1. The third kappa shape index (κ3) is 7.69. The predicted octanol–water partition coefficient (Wildman–Crippen LogP) is 2.65. The average Bonchev–Trinajstić information content (AvgIpc) is 3.66. The van der Waals surface area contributed by atoms with Crippen LogP contribution >= 0.6 is 0 Å². The molecule has 3 amide bonds. The maximum Gasteiger partial charge on any atom is 0.243 e. The molecule has 36 heavy (non-hydrogen) atoms. The van der Waals surface area contributed by atoms with Crippen molar-refractivity contribution in [1.82, 2.24) is 20.9 Å². The van der Waals surface area contributed by atoms with Crippen LogP contribution in [0.5, 0.6) is 5.75 Å². The van der Waals surface area contributed by atoms with Gasteiger partial charge in [-0.1, -0.05) is 32.0 Å². The van der Waals surface area contributed by atoms with Gasteiger partial charge in [-0.25, -0.2) is 0 Å². The summed E-state index contributed by atoms with van der Waals surface area (Å²) in [6, 6.07) is 6.20. The lowest BCUT2D eigenvalue weighted by atomic mass is 10.0. The minimum absolute atomic E-state index is 0.0731. The van der Waals surface area contributed by atoms with E-state index in [4.69, 9.17) is 4.74 Å². The number of nitrogens with one attached hydrogen (secondary N) is 3. The number of fused-ring (bicyclic) bond motifs is 1. The molecule has 5 atom stereocenters. The van der Waals surface area contributed by atoms with Crippen LogP contribution in [-0.2, 0) is 20.8 Å². The lowest BCUT2D eigenvalue weighted by molar-refractivity contribution is -0.141. The van der Waals surface area contributed by atoms with E-state index in [0.717, 1.165) is 37.0 Å². The molecule has 8 heteroatoms. The molecule has 8 nitrogen and oxygen atoms in total. The van der Waals surface area contributed by atoms with Gasteiger partial charge >= 0.3 is 0 Å². The molecule has 1 saturated carbocycles. The van der Waals surface area contributed by atoms with E-state index in [2.05, 4.69) is 22.0 Å². The van der Waals surface area contributed by atoms with Crippen LogP contribution in [0.4, 0.5) is 0 Å². The van der Waals surface area contributed by atoms with Crippen molar-refractivity contribution >= 4 is 17.7 Å². The van der Waals surface area contributed by atoms with Crippen molar-refractivity contribution in [1.29, 1.82) is 0 Å². The smallest absolute Gasteiger partial charge is 0.243 e. The van der Waals surface area contributed by atoms with Gasteiger partial charge < -0.3 is 25.6 Å². The summed E-state index contributed by atoms with van der Waals surface area (Å²) in [5.74, 6) is 0.700. The number of aryl methyl sites for hydroxylation is 1. The number of hydrogen-bond acceptors (Lipinski definition) is 5. The zero-order valence-electron chi connectivity index (χ0n) is 22.7. The van der Waals surface area contributed by atoms with E-state index in [-0.39, 0.29) is 47.7 Å². The SMILES string of the molecule is CC(C)CC1NC(=O)[C@@H](C)N(C)C(=O)[C@H](C2CC2)NC[C@@H](C)Oc2ccccc2CC[C@H](C)NC1=O. The Bertz CT molecular complexity index is 917. The largest absolute Gasteiger partial charge is 0.489 e. The Hall–Kier alpha value is -2.61. The lowest BCUT2D eigenvalue weighted by Crippen LogP contribution is -2.57. The molecule has 1 aliphatic heterocycles. The molecule has 0 radical (unpaired) electrons. The Kier molecular flexibility index (Phi) is 9.77. The summed E-state index contributed by atoms with van der Waals surface area (Å²) in [4.78, 5) is 41.2. The van der Waals surface area contributed by atoms with Gasteiger partial charge in [-0.3, -0.25) is 14.4 Å². The van der Waals surface area contributed by atoms with E-state index in [1.54, 1.807) is 14.0 Å². The van der Waals surface area contributed by atoms with Crippen molar-refractivity contribution < 1.29 is 19.1 Å². The minimum Gasteiger partial charge on any atom is -0.489 e. The number of carbonyl (C=O) groups is 3. The highest BCUT2D eigenvalue weighted by atomic mass is 16.5. The zero-order valence-corrected chi connectivity index (χ0v) is 22.7. The molecule has 1 aromatic rings. The van der Waals surface area contributed by atoms with Gasteiger partial charge in [-0.2, -0.15) is 0 Å². The fourth-order valence-electron chi connectivity index (χ4n) is 4.63. The number of carbonyl (C=O) groups excluding carboxylic acids is 3. The third-order valence-corrected chi connectivity index (χ3v) is 7.17. The highest BCUT2D eigenvalue weighted by Crippen LogP contribution is 2.33. The predicted molar refractivity (Wildman–Crippen MR) is 141 cm³/mol. The molecule has 200 valence electrons. The molecule has 0 saturated heterocycles. The normalized spacial score (nSPS) is 29.5. The highest BCUT2D eigenvalue weighted by Gasteiger charge is 2.39. The fraction of sp³-hybridized carbons (Fsp3) is 0.679. The van der Waals surface area contributed by atoms with E-state index >= 15 is 0 Å². The Balaban J connectivity index is 1.86. The van der Waals surface area contributed by atoms with Crippen LogP contribution in [0.15, 0.2) is 24.3 Å². The molecular weight excluding hydrogens is 456 g/mol. The van der Waals surface area contributed by atoms with Gasteiger partial charge in [0.05, 0.1) is 6.04 Å². The van der Waals surface area contributed by atoms with Crippen LogP contribution in [0.25, 0.3) is 0 Å². The van der Waals surface area contributed by atoms with Crippen molar-refractivity contribution in [2.45, 2.75) is 97.0 Å². The fourth-order valence-corrected chi connectivity index (χ4v) is 4.63. The first-order chi connectivity index (χ1) is 17.1. The minimum atomic E-state index is -0.695. The molecule has 2 aliphatic rings. The van der Waals surface area contributed by atoms with Crippen LogP contribution < -0.4 is 20.7 Å². The topological polar surface area (TPSA) is 99.8 Å². The molecule has 1 aliphatic carbocycles. The van der Waals surface area contributed by atoms with Crippen molar-refractivity contribution in [2.24, 2.45) is 11.8 Å². The molecule has 1 aromatic carbocycles. The van der Waals surface area contributed by atoms with Crippen LogP contribution in [0.2, 0.25) is 0 Å². The summed E-state index contributed by atoms with van der Waals surface area (Å²) in [7, 11) is 1.66. The number of amides is 3. The van der Waals surface area contributed by atoms with Crippen molar-refractivity contribution in [3.05, 3.63) is 29.8 Å². The van der Waals surface area contributed by atoms with E-state index < -0.39 is 12.1 Å². The van der Waals surface area contributed by atoms with Crippen molar-refractivity contribution in [2.75, 3.05) is 13.6 Å². The number of para-hydroxylation sites is 1. The summed E-state index contributed by atoms with van der Waals surface area (Å²) in [6.07, 6.45) is 3.87. The number of rotatable bonds is 3. The maximum atomic E-state index is 13.4. The van der Waals surface area contributed by atoms with Gasteiger partial charge in [0.1, 0.15) is 23.9 Å². The van der Waals surface area contributed by atoms with E-state index in [1.807, 2.05) is 45.9 Å². The molecule has 0 aromatic heterocycles. The molecule has 1 unspecified atom stereocenters. The molecule has 0 spiro atoms. The summed E-state index contributed by atoms with van der Waals surface area (Å²) in [5.41, 5.74) is 1.09. The monoisotopic (exact) mass is 500 g/mol. The summed E-state index contributed by atoms with van der Waals surface area (Å²) >= 11 is 0. The van der Waals surface area contributed by atoms with Gasteiger partial charge in [0.2, 0.25) is 17.7 Å².